The van der Waals surface area contributed by atoms with E-state index in [0.717, 1.165) is 49.4 Å². The number of rotatable bonds is 5. The minimum atomic E-state index is -0.220. The van der Waals surface area contributed by atoms with E-state index in [9.17, 15) is 9.59 Å². The van der Waals surface area contributed by atoms with Crippen LogP contribution in [-0.4, -0.2) is 85.4 Å². The summed E-state index contributed by atoms with van der Waals surface area (Å²) in [5, 5.41) is 0. The van der Waals surface area contributed by atoms with Gasteiger partial charge in [-0.2, -0.15) is 0 Å². The first-order valence-corrected chi connectivity index (χ1v) is 11.2. The average Bonchev–Trinajstić information content (AvgIpc) is 3.36. The summed E-state index contributed by atoms with van der Waals surface area (Å²) in [6.07, 6.45) is 2.99. The normalized spacial score (nSPS) is 24.3. The van der Waals surface area contributed by atoms with E-state index < -0.39 is 0 Å². The summed E-state index contributed by atoms with van der Waals surface area (Å²) in [6.45, 7) is 8.65. The van der Waals surface area contributed by atoms with E-state index in [1.807, 2.05) is 29.2 Å². The van der Waals surface area contributed by atoms with Gasteiger partial charge in [0.1, 0.15) is 0 Å². The zero-order valence-electron chi connectivity index (χ0n) is 16.4. The first kappa shape index (κ1) is 19.9. The van der Waals surface area contributed by atoms with Gasteiger partial charge in [0.2, 0.25) is 11.8 Å². The Bertz CT molecular complexity index is 714. The van der Waals surface area contributed by atoms with Crippen molar-refractivity contribution in [1.29, 1.82) is 0 Å². The average molecular weight is 449 g/mol. The standard InChI is InChI=1S/C21H29BrN4O2/c22-18-4-3-5-19(15-18)26-16-17(14-20(26)27)21(28)25-12-10-24(11-13-25)9-8-23-6-1-2-7-23/h3-5,15,17H,1-2,6-14,16H2. The van der Waals surface area contributed by atoms with E-state index in [4.69, 9.17) is 0 Å². The molecule has 1 atom stereocenters. The lowest BCUT2D eigenvalue weighted by molar-refractivity contribution is -0.137. The maximum atomic E-state index is 13.0. The fourth-order valence-corrected chi connectivity index (χ4v) is 4.89. The van der Waals surface area contributed by atoms with Crippen molar-refractivity contribution in [1.82, 2.24) is 14.7 Å². The summed E-state index contributed by atoms with van der Waals surface area (Å²) in [4.78, 5) is 34.2. The summed E-state index contributed by atoms with van der Waals surface area (Å²) in [6, 6.07) is 7.72. The van der Waals surface area contributed by atoms with E-state index in [2.05, 4.69) is 25.7 Å². The van der Waals surface area contributed by atoms with Crippen molar-refractivity contribution in [2.75, 3.05) is 63.8 Å². The molecule has 3 heterocycles. The van der Waals surface area contributed by atoms with Gasteiger partial charge >= 0.3 is 0 Å². The molecule has 0 bridgehead atoms. The number of anilines is 1. The molecule has 1 unspecified atom stereocenters. The molecular formula is C21H29BrN4O2. The summed E-state index contributed by atoms with van der Waals surface area (Å²) in [7, 11) is 0. The van der Waals surface area contributed by atoms with E-state index in [1.165, 1.54) is 25.9 Å². The van der Waals surface area contributed by atoms with Gasteiger partial charge in [-0.15, -0.1) is 0 Å². The molecule has 0 spiro atoms. The molecule has 0 aromatic heterocycles. The highest BCUT2D eigenvalue weighted by Crippen LogP contribution is 2.28. The quantitative estimate of drug-likeness (QED) is 0.691. The lowest BCUT2D eigenvalue weighted by Crippen LogP contribution is -2.51. The molecule has 4 rings (SSSR count). The predicted molar refractivity (Wildman–Crippen MR) is 113 cm³/mol. The molecular weight excluding hydrogens is 420 g/mol. The highest BCUT2D eigenvalue weighted by Gasteiger charge is 2.38. The number of carbonyl (C=O) groups excluding carboxylic acids is 2. The van der Waals surface area contributed by atoms with Crippen molar-refractivity contribution in [2.24, 2.45) is 5.92 Å². The first-order valence-electron chi connectivity index (χ1n) is 10.4. The van der Waals surface area contributed by atoms with Crippen molar-refractivity contribution in [3.8, 4) is 0 Å². The number of nitrogens with zero attached hydrogens (tertiary/aromatic N) is 4. The Morgan fingerprint density at radius 2 is 1.68 bits per heavy atom. The number of benzene rings is 1. The summed E-state index contributed by atoms with van der Waals surface area (Å²) < 4.78 is 0.942. The molecule has 1 aromatic carbocycles. The molecule has 3 saturated heterocycles. The van der Waals surface area contributed by atoms with Gasteiger partial charge < -0.3 is 14.7 Å². The SMILES string of the molecule is O=C(C1CC(=O)N(c2cccc(Br)c2)C1)N1CCN(CCN2CCCC2)CC1. The van der Waals surface area contributed by atoms with Crippen LogP contribution in [0.4, 0.5) is 5.69 Å². The van der Waals surface area contributed by atoms with Gasteiger partial charge in [0.15, 0.2) is 0 Å². The van der Waals surface area contributed by atoms with E-state index in [-0.39, 0.29) is 17.7 Å². The van der Waals surface area contributed by atoms with Crippen LogP contribution in [0.15, 0.2) is 28.7 Å². The molecule has 3 aliphatic rings. The van der Waals surface area contributed by atoms with Crippen molar-refractivity contribution in [3.63, 3.8) is 0 Å². The molecule has 0 N–H and O–H groups in total. The van der Waals surface area contributed by atoms with Gasteiger partial charge in [-0.05, 0) is 44.1 Å². The lowest BCUT2D eigenvalue weighted by atomic mass is 10.1. The van der Waals surface area contributed by atoms with Gasteiger partial charge in [-0.1, -0.05) is 22.0 Å². The number of likely N-dealkylation sites (tertiary alicyclic amines) is 1. The van der Waals surface area contributed by atoms with Crippen LogP contribution in [0.3, 0.4) is 0 Å². The van der Waals surface area contributed by atoms with Gasteiger partial charge in [0, 0.05) is 62.4 Å². The second-order valence-electron chi connectivity index (χ2n) is 8.10. The number of halogens is 1. The second kappa shape index (κ2) is 8.93. The molecule has 1 aromatic rings. The maximum absolute atomic E-state index is 13.0. The molecule has 7 heteroatoms. The van der Waals surface area contributed by atoms with Gasteiger partial charge in [0.05, 0.1) is 5.92 Å². The molecule has 0 aliphatic carbocycles. The summed E-state index contributed by atoms with van der Waals surface area (Å²) in [5.41, 5.74) is 0.862. The van der Waals surface area contributed by atoms with Gasteiger partial charge in [-0.25, -0.2) is 0 Å². The number of hydrogen-bond donors (Lipinski definition) is 0. The van der Waals surface area contributed by atoms with E-state index in [1.54, 1.807) is 4.90 Å². The Morgan fingerprint density at radius 1 is 1.00 bits per heavy atom. The third-order valence-electron chi connectivity index (χ3n) is 6.21. The lowest BCUT2D eigenvalue weighted by Gasteiger charge is -2.36. The van der Waals surface area contributed by atoms with E-state index >= 15 is 0 Å². The number of hydrogen-bond acceptors (Lipinski definition) is 4. The summed E-state index contributed by atoms with van der Waals surface area (Å²) in [5.74, 6) is -0.0339. The van der Waals surface area contributed by atoms with Crippen molar-refractivity contribution in [2.45, 2.75) is 19.3 Å². The van der Waals surface area contributed by atoms with Crippen LogP contribution in [0.2, 0.25) is 0 Å². The van der Waals surface area contributed by atoms with Crippen LogP contribution >= 0.6 is 15.9 Å². The topological polar surface area (TPSA) is 47.1 Å². The molecule has 152 valence electrons. The largest absolute Gasteiger partial charge is 0.340 e. The molecule has 2 amide bonds. The Labute approximate surface area is 175 Å². The predicted octanol–water partition coefficient (Wildman–Crippen LogP) is 2.04. The fourth-order valence-electron chi connectivity index (χ4n) is 4.51. The zero-order valence-corrected chi connectivity index (χ0v) is 17.9. The maximum Gasteiger partial charge on any atom is 0.228 e. The Hall–Kier alpha value is -1.44. The Balaban J connectivity index is 1.26. The van der Waals surface area contributed by atoms with Crippen LogP contribution in [-0.2, 0) is 9.59 Å². The fraction of sp³-hybridized carbons (Fsp3) is 0.619. The smallest absolute Gasteiger partial charge is 0.228 e. The molecule has 6 nitrogen and oxygen atoms in total. The third-order valence-corrected chi connectivity index (χ3v) is 6.70. The second-order valence-corrected chi connectivity index (χ2v) is 9.02. The highest BCUT2D eigenvalue weighted by atomic mass is 79.9. The number of piperazine rings is 1. The van der Waals surface area contributed by atoms with Crippen LogP contribution in [0.1, 0.15) is 19.3 Å². The number of carbonyl (C=O) groups is 2. The Kier molecular flexibility index (Phi) is 6.33. The van der Waals surface area contributed by atoms with Crippen LogP contribution < -0.4 is 4.90 Å². The molecule has 0 saturated carbocycles. The molecule has 28 heavy (non-hydrogen) atoms. The minimum absolute atomic E-state index is 0.0423. The first-order chi connectivity index (χ1) is 13.6. The monoisotopic (exact) mass is 448 g/mol. The van der Waals surface area contributed by atoms with Crippen molar-refractivity contribution in [3.05, 3.63) is 28.7 Å². The van der Waals surface area contributed by atoms with Crippen LogP contribution in [0, 0.1) is 5.92 Å². The number of amides is 2. The third kappa shape index (κ3) is 4.58. The van der Waals surface area contributed by atoms with Crippen LogP contribution in [0.5, 0.6) is 0 Å². The highest BCUT2D eigenvalue weighted by molar-refractivity contribution is 9.10. The molecule has 3 fully saturated rings. The summed E-state index contributed by atoms with van der Waals surface area (Å²) >= 11 is 3.45. The zero-order chi connectivity index (χ0) is 19.5. The van der Waals surface area contributed by atoms with Crippen molar-refractivity contribution < 1.29 is 9.59 Å². The van der Waals surface area contributed by atoms with Crippen molar-refractivity contribution >= 4 is 33.4 Å². The molecule has 0 radical (unpaired) electrons. The minimum Gasteiger partial charge on any atom is -0.340 e. The van der Waals surface area contributed by atoms with Gasteiger partial charge in [-0.3, -0.25) is 14.5 Å². The van der Waals surface area contributed by atoms with Crippen LogP contribution in [0.25, 0.3) is 0 Å². The van der Waals surface area contributed by atoms with E-state index in [0.29, 0.717) is 13.0 Å². The van der Waals surface area contributed by atoms with Gasteiger partial charge in [0.25, 0.3) is 0 Å². The molecule has 3 aliphatic heterocycles. The Morgan fingerprint density at radius 3 is 2.36 bits per heavy atom.